The van der Waals surface area contributed by atoms with Gasteiger partial charge in [0.15, 0.2) is 5.54 Å². The molecule has 0 radical (unpaired) electrons. The van der Waals surface area contributed by atoms with E-state index >= 15 is 0 Å². The van der Waals surface area contributed by atoms with E-state index in [0.29, 0.717) is 23.4 Å². The highest BCUT2D eigenvalue weighted by Crippen LogP contribution is 2.41. The molecule has 0 fully saturated rings. The molecule has 282 valence electrons. The predicted octanol–water partition coefficient (Wildman–Crippen LogP) is 9.25. The van der Waals surface area contributed by atoms with Crippen LogP contribution >= 0.6 is 0 Å². The number of hydrogen-bond donors (Lipinski definition) is 1. The molecule has 0 atom stereocenters. The third-order valence-electron chi connectivity index (χ3n) is 9.73. The van der Waals surface area contributed by atoms with E-state index in [4.69, 9.17) is 15.4 Å². The first-order valence-electron chi connectivity index (χ1n) is 19.3. The van der Waals surface area contributed by atoms with Gasteiger partial charge in [-0.15, -0.1) is 15.0 Å². The van der Waals surface area contributed by atoms with E-state index in [1.54, 1.807) is 17.2 Å². The summed E-state index contributed by atoms with van der Waals surface area (Å²) in [5.74, 6) is 1.17. The van der Waals surface area contributed by atoms with E-state index < -0.39 is 5.54 Å². The lowest BCUT2D eigenvalue weighted by Crippen LogP contribution is -2.39. The van der Waals surface area contributed by atoms with Crippen molar-refractivity contribution in [3.63, 3.8) is 0 Å². The first-order chi connectivity index (χ1) is 27.2. The van der Waals surface area contributed by atoms with Crippen LogP contribution in [0.15, 0.2) is 146 Å². The molecule has 1 amide bonds. The summed E-state index contributed by atoms with van der Waals surface area (Å²) in [6, 6.07) is 45.4. The second-order valence-corrected chi connectivity index (χ2v) is 15.1. The van der Waals surface area contributed by atoms with Crippen molar-refractivity contribution in [3.05, 3.63) is 174 Å². The summed E-state index contributed by atoms with van der Waals surface area (Å²) in [5, 5.41) is 18.0. The third-order valence-corrected chi connectivity index (χ3v) is 9.73. The topological polar surface area (TPSA) is 102 Å². The molecule has 9 heteroatoms. The summed E-state index contributed by atoms with van der Waals surface area (Å²) in [6.07, 6.45) is 3.46. The monoisotopic (exact) mass is 740 g/mol. The summed E-state index contributed by atoms with van der Waals surface area (Å²) >= 11 is 0. The molecule has 0 aliphatic rings. The summed E-state index contributed by atoms with van der Waals surface area (Å²) in [6.45, 7) is 12.4. The standard InChI is InChI=1S/C47H48N8O/c1-33(2)31-54(32-34(3)4)44-26-25-36(27-43(44)50-45(56)28-40-30-48-35(5)29-49-40)41-23-15-16-24-42(41)46-51-53-55(52-46)47(37-17-9-6-10-18-37,38-19-11-7-12-20-38)39-21-13-8-14-22-39/h6-27,29-30,33-34H,28,31-32H2,1-5H3,(H,50,56). The third kappa shape index (κ3) is 8.12. The van der Waals surface area contributed by atoms with Crippen LogP contribution in [0.5, 0.6) is 0 Å². The van der Waals surface area contributed by atoms with Gasteiger partial charge < -0.3 is 10.2 Å². The van der Waals surface area contributed by atoms with Gasteiger partial charge in [0, 0.05) is 31.0 Å². The Morgan fingerprint density at radius 3 is 1.79 bits per heavy atom. The lowest BCUT2D eigenvalue weighted by atomic mass is 9.77. The van der Waals surface area contributed by atoms with Gasteiger partial charge in [-0.2, -0.15) is 0 Å². The maximum Gasteiger partial charge on any atom is 0.230 e. The van der Waals surface area contributed by atoms with Crippen LogP contribution in [0.3, 0.4) is 0 Å². The van der Waals surface area contributed by atoms with Gasteiger partial charge in [-0.1, -0.05) is 149 Å². The van der Waals surface area contributed by atoms with Crippen LogP contribution in [0, 0.1) is 18.8 Å². The maximum atomic E-state index is 13.6. The van der Waals surface area contributed by atoms with Gasteiger partial charge in [0.2, 0.25) is 11.7 Å². The number of rotatable bonds is 14. The van der Waals surface area contributed by atoms with Crippen molar-refractivity contribution >= 4 is 17.3 Å². The fraction of sp³-hybridized carbons (Fsp3) is 0.234. The molecule has 0 bridgehead atoms. The van der Waals surface area contributed by atoms with Crippen LogP contribution < -0.4 is 10.2 Å². The molecule has 0 spiro atoms. The molecule has 5 aromatic carbocycles. The second-order valence-electron chi connectivity index (χ2n) is 15.1. The Hall–Kier alpha value is -6.48. The number of carbonyl (C=O) groups is 1. The molecule has 0 aliphatic heterocycles. The van der Waals surface area contributed by atoms with Gasteiger partial charge in [0.05, 0.1) is 29.2 Å². The van der Waals surface area contributed by atoms with Crippen LogP contribution in [0.2, 0.25) is 0 Å². The SMILES string of the molecule is Cc1cnc(CC(=O)Nc2cc(-c3ccccc3-c3nnn(C(c4ccccc4)(c4ccccc4)c4ccccc4)n3)ccc2N(CC(C)C)CC(C)C)cn1. The molecule has 7 rings (SSSR count). The van der Waals surface area contributed by atoms with Crippen molar-refractivity contribution in [1.82, 2.24) is 30.2 Å². The van der Waals surface area contributed by atoms with Crippen molar-refractivity contribution in [1.29, 1.82) is 0 Å². The Morgan fingerprint density at radius 2 is 1.25 bits per heavy atom. The zero-order valence-electron chi connectivity index (χ0n) is 32.7. The lowest BCUT2D eigenvalue weighted by Gasteiger charge is -2.34. The number of hydrogen-bond acceptors (Lipinski definition) is 7. The number of benzene rings is 5. The molecule has 1 N–H and O–H groups in total. The number of nitrogens with one attached hydrogen (secondary N) is 1. The average molecular weight is 741 g/mol. The molecule has 2 aromatic heterocycles. The number of carbonyl (C=O) groups excluding carboxylic acids is 1. The maximum absolute atomic E-state index is 13.6. The number of amides is 1. The van der Waals surface area contributed by atoms with Crippen LogP contribution in [0.25, 0.3) is 22.5 Å². The van der Waals surface area contributed by atoms with Crippen molar-refractivity contribution < 1.29 is 4.79 Å². The number of aryl methyl sites for hydroxylation is 1. The lowest BCUT2D eigenvalue weighted by molar-refractivity contribution is -0.115. The average Bonchev–Trinajstić information content (AvgIpc) is 3.70. The minimum absolute atomic E-state index is 0.112. The highest BCUT2D eigenvalue weighted by molar-refractivity contribution is 5.97. The van der Waals surface area contributed by atoms with Crippen LogP contribution in [0.1, 0.15) is 55.8 Å². The molecular weight excluding hydrogens is 693 g/mol. The predicted molar refractivity (Wildman–Crippen MR) is 224 cm³/mol. The summed E-state index contributed by atoms with van der Waals surface area (Å²) in [4.78, 5) is 26.5. The van der Waals surface area contributed by atoms with E-state index in [0.717, 1.165) is 63.5 Å². The molecule has 9 nitrogen and oxygen atoms in total. The number of tetrazole rings is 1. The molecule has 56 heavy (non-hydrogen) atoms. The Morgan fingerprint density at radius 1 is 0.696 bits per heavy atom. The van der Waals surface area contributed by atoms with Gasteiger partial charge in [-0.05, 0) is 63.9 Å². The number of anilines is 2. The van der Waals surface area contributed by atoms with Crippen molar-refractivity contribution in [2.24, 2.45) is 11.8 Å². The van der Waals surface area contributed by atoms with Crippen LogP contribution in [-0.4, -0.2) is 49.2 Å². The molecule has 7 aromatic rings. The largest absolute Gasteiger partial charge is 0.369 e. The Bertz CT molecular complexity index is 2250. The number of aromatic nitrogens is 6. The molecular formula is C47H48N8O. The molecule has 0 aliphatic carbocycles. The van der Waals surface area contributed by atoms with E-state index in [9.17, 15) is 4.79 Å². The van der Waals surface area contributed by atoms with E-state index in [2.05, 4.69) is 109 Å². The molecule has 0 saturated heterocycles. The van der Waals surface area contributed by atoms with Gasteiger partial charge in [0.25, 0.3) is 0 Å². The highest BCUT2D eigenvalue weighted by Gasteiger charge is 2.41. The summed E-state index contributed by atoms with van der Waals surface area (Å²) in [7, 11) is 0. The zero-order valence-corrected chi connectivity index (χ0v) is 32.7. The highest BCUT2D eigenvalue weighted by atomic mass is 16.1. The number of nitrogens with zero attached hydrogens (tertiary/aromatic N) is 7. The first kappa shape index (κ1) is 37.8. The Balaban J connectivity index is 1.34. The van der Waals surface area contributed by atoms with E-state index in [1.807, 2.05) is 79.7 Å². The zero-order chi connectivity index (χ0) is 39.1. The summed E-state index contributed by atoms with van der Waals surface area (Å²) < 4.78 is 0. The van der Waals surface area contributed by atoms with E-state index in [1.165, 1.54) is 0 Å². The molecule has 2 heterocycles. The summed E-state index contributed by atoms with van der Waals surface area (Å²) in [5.41, 5.74) is 7.91. The van der Waals surface area contributed by atoms with Gasteiger partial charge in [-0.25, -0.2) is 0 Å². The van der Waals surface area contributed by atoms with E-state index in [-0.39, 0.29) is 12.3 Å². The Kier molecular flexibility index (Phi) is 11.4. The van der Waals surface area contributed by atoms with Gasteiger partial charge >= 0.3 is 0 Å². The molecule has 0 unspecified atom stereocenters. The normalized spacial score (nSPS) is 11.6. The minimum atomic E-state index is -0.902. The second kappa shape index (κ2) is 16.9. The fourth-order valence-corrected chi connectivity index (χ4v) is 7.38. The van der Waals surface area contributed by atoms with Gasteiger partial charge in [-0.3, -0.25) is 14.8 Å². The van der Waals surface area contributed by atoms with Crippen molar-refractivity contribution in [3.8, 4) is 22.5 Å². The van der Waals surface area contributed by atoms with Crippen LogP contribution in [0.4, 0.5) is 11.4 Å². The first-order valence-corrected chi connectivity index (χ1v) is 19.3. The quantitative estimate of drug-likeness (QED) is 0.111. The van der Waals surface area contributed by atoms with Crippen LogP contribution in [-0.2, 0) is 16.8 Å². The van der Waals surface area contributed by atoms with Crippen molar-refractivity contribution in [2.75, 3.05) is 23.3 Å². The van der Waals surface area contributed by atoms with Crippen molar-refractivity contribution in [2.45, 2.75) is 46.6 Å². The minimum Gasteiger partial charge on any atom is -0.369 e. The molecule has 0 saturated carbocycles. The van der Waals surface area contributed by atoms with Gasteiger partial charge in [0.1, 0.15) is 0 Å². The Labute approximate surface area is 329 Å². The fourth-order valence-electron chi connectivity index (χ4n) is 7.38. The smallest absolute Gasteiger partial charge is 0.230 e.